The number of ether oxygens (including phenoxy) is 2. The lowest BCUT2D eigenvalue weighted by Crippen LogP contribution is -2.47. The van der Waals surface area contributed by atoms with Gasteiger partial charge in [0.15, 0.2) is 0 Å². The molecular formula is C15H17Cl2NO4. The van der Waals surface area contributed by atoms with Crippen molar-refractivity contribution >= 4 is 35.1 Å². The SMILES string of the molecule is COC(=O)[C@H](Cc1c(Cl)cccc1Cl)NC(=O)[C@@H]1CCCO1. The van der Waals surface area contributed by atoms with E-state index in [1.54, 1.807) is 18.2 Å². The molecule has 0 unspecified atom stereocenters. The van der Waals surface area contributed by atoms with Crippen molar-refractivity contribution in [2.24, 2.45) is 0 Å². The Morgan fingerprint density at radius 3 is 2.64 bits per heavy atom. The van der Waals surface area contributed by atoms with E-state index in [1.807, 2.05) is 0 Å². The first-order valence-electron chi connectivity index (χ1n) is 6.95. The molecule has 0 saturated carbocycles. The summed E-state index contributed by atoms with van der Waals surface area (Å²) in [6.45, 7) is 0.553. The Bertz CT molecular complexity index is 538. The van der Waals surface area contributed by atoms with Crippen molar-refractivity contribution in [3.63, 3.8) is 0 Å². The molecule has 5 nitrogen and oxygen atoms in total. The van der Waals surface area contributed by atoms with Crippen LogP contribution in [0.2, 0.25) is 10.0 Å². The van der Waals surface area contributed by atoms with Gasteiger partial charge in [-0.1, -0.05) is 29.3 Å². The van der Waals surface area contributed by atoms with Gasteiger partial charge in [-0.05, 0) is 30.5 Å². The van der Waals surface area contributed by atoms with Crippen LogP contribution in [0.3, 0.4) is 0 Å². The highest BCUT2D eigenvalue weighted by atomic mass is 35.5. The van der Waals surface area contributed by atoms with Gasteiger partial charge in [0.1, 0.15) is 12.1 Å². The van der Waals surface area contributed by atoms with Gasteiger partial charge >= 0.3 is 5.97 Å². The Balaban J connectivity index is 2.12. The molecule has 0 aromatic heterocycles. The largest absolute Gasteiger partial charge is 0.467 e. The normalized spacial score (nSPS) is 18.8. The molecule has 1 aliphatic rings. The summed E-state index contributed by atoms with van der Waals surface area (Å²) in [4.78, 5) is 24.1. The molecule has 1 heterocycles. The number of hydrogen-bond donors (Lipinski definition) is 1. The summed E-state index contributed by atoms with van der Waals surface area (Å²) in [5, 5.41) is 3.53. The second-order valence-electron chi connectivity index (χ2n) is 4.99. The molecule has 0 aliphatic carbocycles. The van der Waals surface area contributed by atoms with Crippen LogP contribution in [0, 0.1) is 0 Å². The van der Waals surface area contributed by atoms with Gasteiger partial charge in [-0.15, -0.1) is 0 Å². The van der Waals surface area contributed by atoms with Gasteiger partial charge in [-0.3, -0.25) is 4.79 Å². The van der Waals surface area contributed by atoms with Gasteiger partial charge < -0.3 is 14.8 Å². The van der Waals surface area contributed by atoms with E-state index in [-0.39, 0.29) is 12.3 Å². The summed E-state index contributed by atoms with van der Waals surface area (Å²) in [6, 6.07) is 4.21. The molecule has 0 spiro atoms. The van der Waals surface area contributed by atoms with Crippen molar-refractivity contribution in [3.05, 3.63) is 33.8 Å². The van der Waals surface area contributed by atoms with E-state index < -0.39 is 18.1 Å². The van der Waals surface area contributed by atoms with Crippen molar-refractivity contribution in [3.8, 4) is 0 Å². The Morgan fingerprint density at radius 1 is 1.41 bits per heavy atom. The summed E-state index contributed by atoms with van der Waals surface area (Å²) < 4.78 is 10.1. The first-order chi connectivity index (χ1) is 10.5. The van der Waals surface area contributed by atoms with E-state index in [0.29, 0.717) is 28.6 Å². The minimum atomic E-state index is -0.862. The fraction of sp³-hybridized carbons (Fsp3) is 0.467. The van der Waals surface area contributed by atoms with Gasteiger partial charge in [-0.25, -0.2) is 4.79 Å². The summed E-state index contributed by atoms with van der Waals surface area (Å²) >= 11 is 12.2. The molecular weight excluding hydrogens is 329 g/mol. The molecule has 1 fully saturated rings. The maximum atomic E-state index is 12.1. The number of carbonyl (C=O) groups is 2. The molecule has 120 valence electrons. The number of rotatable bonds is 5. The fourth-order valence-corrected chi connectivity index (χ4v) is 2.87. The van der Waals surface area contributed by atoms with Gasteiger partial charge in [0.25, 0.3) is 0 Å². The molecule has 1 aromatic carbocycles. The van der Waals surface area contributed by atoms with Gasteiger partial charge in [0.2, 0.25) is 5.91 Å². The molecule has 1 aromatic rings. The number of methoxy groups -OCH3 is 1. The Kier molecular flexibility index (Phi) is 6.06. The molecule has 1 aliphatic heterocycles. The summed E-state index contributed by atoms with van der Waals surface area (Å²) in [5.41, 5.74) is 0.592. The predicted octanol–water partition coefficient (Wildman–Crippen LogP) is 2.37. The van der Waals surface area contributed by atoms with E-state index in [4.69, 9.17) is 32.7 Å². The standard InChI is InChI=1S/C15H17Cl2NO4/c1-21-15(20)12(18-14(19)13-6-3-7-22-13)8-9-10(16)4-2-5-11(9)17/h2,4-5,12-13H,3,6-8H2,1H3,(H,18,19)/t12-,13-/m0/s1. The molecule has 1 N–H and O–H groups in total. The molecule has 0 radical (unpaired) electrons. The summed E-state index contributed by atoms with van der Waals surface area (Å²) in [6.07, 6.45) is 1.11. The van der Waals surface area contributed by atoms with Crippen molar-refractivity contribution in [2.75, 3.05) is 13.7 Å². The highest BCUT2D eigenvalue weighted by Gasteiger charge is 2.29. The van der Waals surface area contributed by atoms with Crippen LogP contribution in [0.1, 0.15) is 18.4 Å². The number of halogens is 2. The maximum absolute atomic E-state index is 12.1. The monoisotopic (exact) mass is 345 g/mol. The average molecular weight is 346 g/mol. The number of amides is 1. The van der Waals surface area contributed by atoms with E-state index >= 15 is 0 Å². The summed E-state index contributed by atoms with van der Waals surface area (Å²) in [5.74, 6) is -0.876. The Hall–Kier alpha value is -1.30. The zero-order valence-corrected chi connectivity index (χ0v) is 13.6. The second-order valence-corrected chi connectivity index (χ2v) is 5.80. The van der Waals surface area contributed by atoms with Crippen LogP contribution in [0.25, 0.3) is 0 Å². The van der Waals surface area contributed by atoms with Crippen molar-refractivity contribution in [2.45, 2.75) is 31.4 Å². The molecule has 0 bridgehead atoms. The van der Waals surface area contributed by atoms with E-state index in [0.717, 1.165) is 6.42 Å². The van der Waals surface area contributed by atoms with E-state index in [1.165, 1.54) is 7.11 Å². The third kappa shape index (κ3) is 4.12. The lowest BCUT2D eigenvalue weighted by Gasteiger charge is -2.19. The highest BCUT2D eigenvalue weighted by Crippen LogP contribution is 2.26. The van der Waals surface area contributed by atoms with Crippen LogP contribution in [-0.4, -0.2) is 37.7 Å². The first-order valence-corrected chi connectivity index (χ1v) is 7.71. The molecule has 2 rings (SSSR count). The van der Waals surface area contributed by atoms with Crippen molar-refractivity contribution in [1.29, 1.82) is 0 Å². The smallest absolute Gasteiger partial charge is 0.328 e. The third-order valence-corrected chi connectivity index (χ3v) is 4.20. The molecule has 1 saturated heterocycles. The predicted molar refractivity (Wildman–Crippen MR) is 83.1 cm³/mol. The highest BCUT2D eigenvalue weighted by molar-refractivity contribution is 6.36. The van der Waals surface area contributed by atoms with Crippen LogP contribution in [0.5, 0.6) is 0 Å². The van der Waals surface area contributed by atoms with Gasteiger partial charge in [0.05, 0.1) is 7.11 Å². The zero-order chi connectivity index (χ0) is 16.1. The van der Waals surface area contributed by atoms with E-state index in [2.05, 4.69) is 5.32 Å². The fourth-order valence-electron chi connectivity index (χ4n) is 2.32. The van der Waals surface area contributed by atoms with Gasteiger partial charge in [0, 0.05) is 23.1 Å². The number of hydrogen-bond acceptors (Lipinski definition) is 4. The lowest BCUT2D eigenvalue weighted by atomic mass is 10.1. The minimum Gasteiger partial charge on any atom is -0.467 e. The van der Waals surface area contributed by atoms with Crippen molar-refractivity contribution in [1.82, 2.24) is 5.32 Å². The van der Waals surface area contributed by atoms with Crippen LogP contribution >= 0.6 is 23.2 Å². The van der Waals surface area contributed by atoms with Gasteiger partial charge in [-0.2, -0.15) is 0 Å². The number of benzene rings is 1. The molecule has 1 amide bonds. The van der Waals surface area contributed by atoms with Crippen LogP contribution < -0.4 is 5.32 Å². The summed E-state index contributed by atoms with van der Waals surface area (Å²) in [7, 11) is 1.27. The van der Waals surface area contributed by atoms with Crippen LogP contribution in [-0.2, 0) is 25.5 Å². The minimum absolute atomic E-state index is 0.156. The number of esters is 1. The Labute approximate surface area is 138 Å². The second kappa shape index (κ2) is 7.81. The zero-order valence-electron chi connectivity index (χ0n) is 12.1. The molecule has 7 heteroatoms. The molecule has 2 atom stereocenters. The topological polar surface area (TPSA) is 64.6 Å². The Morgan fingerprint density at radius 2 is 2.09 bits per heavy atom. The number of carbonyl (C=O) groups excluding carboxylic acids is 2. The van der Waals surface area contributed by atoms with Crippen LogP contribution in [0.4, 0.5) is 0 Å². The van der Waals surface area contributed by atoms with E-state index in [9.17, 15) is 9.59 Å². The third-order valence-electron chi connectivity index (χ3n) is 3.49. The average Bonchev–Trinajstić information content (AvgIpc) is 3.03. The van der Waals surface area contributed by atoms with Crippen molar-refractivity contribution < 1.29 is 19.1 Å². The quantitative estimate of drug-likeness (QED) is 0.832. The number of nitrogens with one attached hydrogen (secondary N) is 1. The van der Waals surface area contributed by atoms with Crippen LogP contribution in [0.15, 0.2) is 18.2 Å². The lowest BCUT2D eigenvalue weighted by molar-refractivity contribution is -0.146. The molecule has 22 heavy (non-hydrogen) atoms. The maximum Gasteiger partial charge on any atom is 0.328 e. The first kappa shape index (κ1) is 17.1.